The lowest BCUT2D eigenvalue weighted by molar-refractivity contribution is 0.425. The van der Waals surface area contributed by atoms with Crippen LogP contribution in [-0.4, -0.2) is 19.8 Å². The number of benzene rings is 2. The van der Waals surface area contributed by atoms with Gasteiger partial charge in [-0.15, -0.1) is 0 Å². The fourth-order valence-corrected chi connectivity index (χ4v) is 2.95. The molecule has 130 valence electrons. The zero-order chi connectivity index (χ0) is 18.4. The van der Waals surface area contributed by atoms with Crippen molar-refractivity contribution in [3.63, 3.8) is 0 Å². The van der Waals surface area contributed by atoms with Crippen molar-refractivity contribution in [3.05, 3.63) is 64.2 Å². The highest BCUT2D eigenvalue weighted by molar-refractivity contribution is 5.91. The Kier molecular flexibility index (Phi) is 3.57. The van der Waals surface area contributed by atoms with Gasteiger partial charge >= 0.3 is 0 Å². The Morgan fingerprint density at radius 1 is 1.19 bits per heavy atom. The van der Waals surface area contributed by atoms with Gasteiger partial charge in [0.15, 0.2) is 0 Å². The fraction of sp³-hybridized carbons (Fsp3) is 0.105. The third-order valence-electron chi connectivity index (χ3n) is 4.36. The van der Waals surface area contributed by atoms with Gasteiger partial charge in [-0.2, -0.15) is 4.98 Å². The number of hydrogen-bond donors (Lipinski definition) is 1. The topological polar surface area (TPSA) is 81.2 Å². The van der Waals surface area contributed by atoms with E-state index >= 15 is 0 Å². The minimum Gasteiger partial charge on any atom is -0.506 e. The quantitative estimate of drug-likeness (QED) is 0.598. The van der Waals surface area contributed by atoms with Gasteiger partial charge in [0.2, 0.25) is 5.82 Å². The average Bonchev–Trinajstić information content (AvgIpc) is 3.10. The maximum absolute atomic E-state index is 13.6. The van der Waals surface area contributed by atoms with E-state index in [4.69, 9.17) is 4.52 Å². The molecule has 0 saturated heterocycles. The molecule has 2 aromatic heterocycles. The van der Waals surface area contributed by atoms with Crippen LogP contribution in [0.5, 0.6) is 5.75 Å². The molecule has 0 saturated carbocycles. The van der Waals surface area contributed by atoms with Crippen molar-refractivity contribution in [2.75, 3.05) is 0 Å². The van der Waals surface area contributed by atoms with E-state index in [-0.39, 0.29) is 22.6 Å². The summed E-state index contributed by atoms with van der Waals surface area (Å²) in [5.74, 6) is -0.725. The molecule has 0 spiro atoms. The largest absolute Gasteiger partial charge is 0.506 e. The van der Waals surface area contributed by atoms with Gasteiger partial charge in [0.25, 0.3) is 11.4 Å². The number of aromatic nitrogens is 3. The van der Waals surface area contributed by atoms with Crippen molar-refractivity contribution < 1.29 is 14.0 Å². The zero-order valence-electron chi connectivity index (χ0n) is 14.0. The minimum absolute atomic E-state index is 0.118. The molecule has 4 aromatic rings. The molecule has 0 atom stereocenters. The number of hydrogen-bond acceptors (Lipinski definition) is 5. The van der Waals surface area contributed by atoms with Crippen molar-refractivity contribution in [2.24, 2.45) is 7.05 Å². The highest BCUT2D eigenvalue weighted by Gasteiger charge is 2.22. The Hall–Kier alpha value is -3.48. The van der Waals surface area contributed by atoms with E-state index in [1.807, 2.05) is 31.2 Å². The Balaban J connectivity index is 1.96. The fourth-order valence-electron chi connectivity index (χ4n) is 2.95. The number of aromatic hydroxyl groups is 1. The van der Waals surface area contributed by atoms with Gasteiger partial charge in [-0.05, 0) is 30.7 Å². The van der Waals surface area contributed by atoms with E-state index < -0.39 is 11.4 Å². The number of halogens is 1. The SMILES string of the molecule is Cc1ccccc1-c1noc(-c2c(O)c3cc(F)ccc3n(C)c2=O)n1. The van der Waals surface area contributed by atoms with E-state index in [2.05, 4.69) is 10.1 Å². The molecular formula is C19H14FN3O3. The highest BCUT2D eigenvalue weighted by Crippen LogP contribution is 2.33. The summed E-state index contributed by atoms with van der Waals surface area (Å²) in [5, 5.41) is 14.7. The van der Waals surface area contributed by atoms with Crippen molar-refractivity contribution in [3.8, 4) is 28.6 Å². The number of pyridine rings is 1. The van der Waals surface area contributed by atoms with Gasteiger partial charge in [0.05, 0.1) is 5.52 Å². The lowest BCUT2D eigenvalue weighted by Crippen LogP contribution is -2.19. The number of fused-ring (bicyclic) bond motifs is 1. The van der Waals surface area contributed by atoms with Crippen molar-refractivity contribution >= 4 is 10.9 Å². The summed E-state index contributed by atoms with van der Waals surface area (Å²) in [7, 11) is 1.53. The molecular weight excluding hydrogens is 337 g/mol. The first-order chi connectivity index (χ1) is 12.5. The standard InChI is InChI=1S/C19H14FN3O3/c1-10-5-3-4-6-12(10)17-21-18(26-22-17)15-16(24)13-9-11(20)7-8-14(13)23(2)19(15)25/h3-9,24H,1-2H3. The van der Waals surface area contributed by atoms with E-state index in [1.165, 1.54) is 23.7 Å². The second kappa shape index (κ2) is 5.80. The molecule has 6 nitrogen and oxygen atoms in total. The molecule has 0 aliphatic carbocycles. The van der Waals surface area contributed by atoms with Gasteiger partial charge in [0, 0.05) is 18.0 Å². The molecule has 0 fully saturated rings. The van der Waals surface area contributed by atoms with E-state index in [1.54, 1.807) is 0 Å². The van der Waals surface area contributed by atoms with Crippen LogP contribution in [0.3, 0.4) is 0 Å². The molecule has 7 heteroatoms. The average molecular weight is 351 g/mol. The smallest absolute Gasteiger partial charge is 0.267 e. The summed E-state index contributed by atoms with van der Waals surface area (Å²) >= 11 is 0. The first-order valence-electron chi connectivity index (χ1n) is 7.88. The second-order valence-corrected chi connectivity index (χ2v) is 5.99. The van der Waals surface area contributed by atoms with Crippen molar-refractivity contribution in [2.45, 2.75) is 6.92 Å². The van der Waals surface area contributed by atoms with Crippen LogP contribution in [0.25, 0.3) is 33.7 Å². The van der Waals surface area contributed by atoms with Crippen molar-refractivity contribution in [1.29, 1.82) is 0 Å². The van der Waals surface area contributed by atoms with Gasteiger partial charge < -0.3 is 14.2 Å². The molecule has 0 aliphatic rings. The predicted octanol–water partition coefficient (Wildman–Crippen LogP) is 3.41. The molecule has 0 aliphatic heterocycles. The summed E-state index contributed by atoms with van der Waals surface area (Å²) in [6.45, 7) is 1.90. The van der Waals surface area contributed by atoms with E-state index in [9.17, 15) is 14.3 Å². The highest BCUT2D eigenvalue weighted by atomic mass is 19.1. The molecule has 2 heterocycles. The van der Waals surface area contributed by atoms with Gasteiger partial charge in [0.1, 0.15) is 17.1 Å². The maximum atomic E-state index is 13.6. The third-order valence-corrected chi connectivity index (χ3v) is 4.36. The normalized spacial score (nSPS) is 11.2. The summed E-state index contributed by atoms with van der Waals surface area (Å²) in [6.07, 6.45) is 0. The van der Waals surface area contributed by atoms with Crippen LogP contribution in [0, 0.1) is 12.7 Å². The number of rotatable bonds is 2. The Bertz CT molecular complexity index is 1210. The Labute approximate surface area is 147 Å². The van der Waals surface area contributed by atoms with Crippen LogP contribution in [0.1, 0.15) is 5.56 Å². The molecule has 26 heavy (non-hydrogen) atoms. The Morgan fingerprint density at radius 3 is 2.73 bits per heavy atom. The van der Waals surface area contributed by atoms with Crippen LogP contribution in [0.15, 0.2) is 51.8 Å². The monoisotopic (exact) mass is 351 g/mol. The van der Waals surface area contributed by atoms with Gasteiger partial charge in [-0.3, -0.25) is 4.79 Å². The molecule has 0 radical (unpaired) electrons. The molecule has 2 aromatic carbocycles. The number of aryl methyl sites for hydroxylation is 2. The van der Waals surface area contributed by atoms with Gasteiger partial charge in [-0.1, -0.05) is 29.4 Å². The maximum Gasteiger partial charge on any atom is 0.267 e. The van der Waals surface area contributed by atoms with Crippen LogP contribution in [0.2, 0.25) is 0 Å². The van der Waals surface area contributed by atoms with Gasteiger partial charge in [-0.25, -0.2) is 4.39 Å². The first kappa shape index (κ1) is 16.0. The molecule has 1 N–H and O–H groups in total. The summed E-state index contributed by atoms with van der Waals surface area (Å²) in [5.41, 5.74) is 1.43. The molecule has 4 rings (SSSR count). The minimum atomic E-state index is -0.525. The zero-order valence-corrected chi connectivity index (χ0v) is 14.0. The molecule has 0 bridgehead atoms. The first-order valence-corrected chi connectivity index (χ1v) is 7.88. The second-order valence-electron chi connectivity index (χ2n) is 5.99. The van der Waals surface area contributed by atoms with Crippen molar-refractivity contribution in [1.82, 2.24) is 14.7 Å². The lowest BCUT2D eigenvalue weighted by Gasteiger charge is -2.09. The molecule has 0 amide bonds. The lowest BCUT2D eigenvalue weighted by atomic mass is 10.1. The van der Waals surface area contributed by atoms with Crippen LogP contribution in [-0.2, 0) is 7.05 Å². The summed E-state index contributed by atoms with van der Waals surface area (Å²) in [4.78, 5) is 16.9. The summed E-state index contributed by atoms with van der Waals surface area (Å²) < 4.78 is 20.1. The van der Waals surface area contributed by atoms with Crippen LogP contribution < -0.4 is 5.56 Å². The third kappa shape index (κ3) is 2.36. The van der Waals surface area contributed by atoms with Crippen LogP contribution in [0.4, 0.5) is 4.39 Å². The summed E-state index contributed by atoms with van der Waals surface area (Å²) in [6, 6.07) is 11.3. The molecule has 0 unspecified atom stereocenters. The number of nitrogens with zero attached hydrogens (tertiary/aromatic N) is 3. The Morgan fingerprint density at radius 2 is 1.96 bits per heavy atom. The van der Waals surface area contributed by atoms with Crippen LogP contribution >= 0.6 is 0 Å². The van der Waals surface area contributed by atoms with E-state index in [0.717, 1.165) is 17.2 Å². The van der Waals surface area contributed by atoms with E-state index in [0.29, 0.717) is 11.3 Å². The predicted molar refractivity (Wildman–Crippen MR) is 94.3 cm³/mol.